The molecule has 1 fully saturated rings. The van der Waals surface area contributed by atoms with E-state index in [1.165, 1.54) is 45.1 Å². The van der Waals surface area contributed by atoms with Crippen LogP contribution in [0.4, 0.5) is 0 Å². The first kappa shape index (κ1) is 13.0. The summed E-state index contributed by atoms with van der Waals surface area (Å²) < 4.78 is 5.48. The monoisotopic (exact) mass is 213 g/mol. The van der Waals surface area contributed by atoms with E-state index in [1.807, 2.05) is 0 Å². The molecule has 0 atom stereocenters. The molecular formula is C13H27NO. The molecule has 0 aromatic heterocycles. The zero-order valence-electron chi connectivity index (χ0n) is 10.5. The molecule has 0 amide bonds. The normalized spacial score (nSPS) is 20.4. The highest BCUT2D eigenvalue weighted by Gasteiger charge is 2.31. The third kappa shape index (κ3) is 4.52. The summed E-state index contributed by atoms with van der Waals surface area (Å²) in [5.41, 5.74) is 0.545. The molecule has 0 radical (unpaired) electrons. The quantitative estimate of drug-likeness (QED) is 0.656. The van der Waals surface area contributed by atoms with Gasteiger partial charge in [0, 0.05) is 19.8 Å². The molecule has 0 aromatic carbocycles. The lowest BCUT2D eigenvalue weighted by atomic mass is 9.76. The number of nitrogens with one attached hydrogen (secondary N) is 1. The summed E-state index contributed by atoms with van der Waals surface area (Å²) in [6.07, 6.45) is 7.81. The molecule has 1 N–H and O–H groups in total. The average Bonchev–Trinajstić information content (AvgIpc) is 2.28. The van der Waals surface area contributed by atoms with Crippen LogP contribution in [-0.4, -0.2) is 26.3 Å². The molecule has 0 saturated carbocycles. The molecule has 1 saturated heterocycles. The van der Waals surface area contributed by atoms with Crippen molar-refractivity contribution in [1.82, 2.24) is 5.32 Å². The Morgan fingerprint density at radius 3 is 2.47 bits per heavy atom. The molecule has 0 aromatic rings. The van der Waals surface area contributed by atoms with Crippen molar-refractivity contribution >= 4 is 0 Å². The van der Waals surface area contributed by atoms with Crippen molar-refractivity contribution in [3.8, 4) is 0 Å². The zero-order valence-corrected chi connectivity index (χ0v) is 10.5. The summed E-state index contributed by atoms with van der Waals surface area (Å²) in [6.45, 7) is 8.82. The van der Waals surface area contributed by atoms with Crippen LogP contribution in [0.5, 0.6) is 0 Å². The summed E-state index contributed by atoms with van der Waals surface area (Å²) in [4.78, 5) is 0. The molecule has 0 bridgehead atoms. The van der Waals surface area contributed by atoms with E-state index < -0.39 is 0 Å². The molecule has 2 nitrogen and oxygen atoms in total. The molecule has 1 aliphatic heterocycles. The predicted molar refractivity (Wildman–Crippen MR) is 65.2 cm³/mol. The Morgan fingerprint density at radius 2 is 1.87 bits per heavy atom. The van der Waals surface area contributed by atoms with Crippen molar-refractivity contribution in [2.75, 3.05) is 26.3 Å². The first-order valence-electron chi connectivity index (χ1n) is 6.61. The number of unbranched alkanes of at least 4 members (excludes halogenated alkanes) is 1. The summed E-state index contributed by atoms with van der Waals surface area (Å²) in [7, 11) is 0. The third-order valence-electron chi connectivity index (χ3n) is 3.54. The van der Waals surface area contributed by atoms with E-state index in [-0.39, 0.29) is 0 Å². The summed E-state index contributed by atoms with van der Waals surface area (Å²) in [5.74, 6) is 0. The van der Waals surface area contributed by atoms with E-state index in [9.17, 15) is 0 Å². The van der Waals surface area contributed by atoms with Gasteiger partial charge in [-0.05, 0) is 37.6 Å². The standard InChI is InChI=1S/C13H27NO/c1-3-5-6-13(12-14-9-4-2)7-10-15-11-8-13/h14H,3-12H2,1-2H3. The van der Waals surface area contributed by atoms with Gasteiger partial charge in [-0.1, -0.05) is 26.7 Å². The van der Waals surface area contributed by atoms with Gasteiger partial charge in [0.25, 0.3) is 0 Å². The Hall–Kier alpha value is -0.0800. The second kappa shape index (κ2) is 7.24. The molecule has 0 unspecified atom stereocenters. The van der Waals surface area contributed by atoms with Gasteiger partial charge < -0.3 is 10.1 Å². The van der Waals surface area contributed by atoms with E-state index >= 15 is 0 Å². The highest BCUT2D eigenvalue weighted by Crippen LogP contribution is 2.35. The van der Waals surface area contributed by atoms with E-state index in [4.69, 9.17) is 4.74 Å². The van der Waals surface area contributed by atoms with E-state index in [1.54, 1.807) is 0 Å². The Balaban J connectivity index is 2.35. The molecule has 1 rings (SSSR count). The van der Waals surface area contributed by atoms with Crippen LogP contribution in [0.1, 0.15) is 52.4 Å². The van der Waals surface area contributed by atoms with Crippen LogP contribution in [0, 0.1) is 5.41 Å². The van der Waals surface area contributed by atoms with Gasteiger partial charge in [-0.15, -0.1) is 0 Å². The fraction of sp³-hybridized carbons (Fsp3) is 1.00. The lowest BCUT2D eigenvalue weighted by Gasteiger charge is -2.37. The summed E-state index contributed by atoms with van der Waals surface area (Å²) >= 11 is 0. The highest BCUT2D eigenvalue weighted by atomic mass is 16.5. The van der Waals surface area contributed by atoms with Crippen molar-refractivity contribution < 1.29 is 4.74 Å². The Kier molecular flexibility index (Phi) is 6.26. The number of hydrogen-bond donors (Lipinski definition) is 1. The lowest BCUT2D eigenvalue weighted by molar-refractivity contribution is 0.00945. The number of hydrogen-bond acceptors (Lipinski definition) is 2. The molecule has 1 heterocycles. The Labute approximate surface area is 94.8 Å². The molecular weight excluding hydrogens is 186 g/mol. The van der Waals surface area contributed by atoms with Crippen molar-refractivity contribution in [2.24, 2.45) is 5.41 Å². The van der Waals surface area contributed by atoms with Crippen LogP contribution < -0.4 is 5.32 Å². The second-order valence-corrected chi connectivity index (χ2v) is 4.89. The Bertz CT molecular complexity index is 153. The lowest BCUT2D eigenvalue weighted by Crippen LogP contribution is -2.39. The minimum Gasteiger partial charge on any atom is -0.381 e. The maximum Gasteiger partial charge on any atom is 0.0471 e. The summed E-state index contributed by atoms with van der Waals surface area (Å²) in [5, 5.41) is 3.60. The van der Waals surface area contributed by atoms with Crippen LogP contribution in [0.2, 0.25) is 0 Å². The highest BCUT2D eigenvalue weighted by molar-refractivity contribution is 4.83. The summed E-state index contributed by atoms with van der Waals surface area (Å²) in [6, 6.07) is 0. The molecule has 15 heavy (non-hydrogen) atoms. The van der Waals surface area contributed by atoms with Crippen LogP contribution in [0.15, 0.2) is 0 Å². The third-order valence-corrected chi connectivity index (χ3v) is 3.54. The SMILES string of the molecule is CCCCC1(CNCCC)CCOCC1. The van der Waals surface area contributed by atoms with Crippen molar-refractivity contribution in [3.05, 3.63) is 0 Å². The predicted octanol–water partition coefficient (Wildman–Crippen LogP) is 2.97. The molecule has 1 aliphatic rings. The van der Waals surface area contributed by atoms with Crippen LogP contribution in [0.3, 0.4) is 0 Å². The van der Waals surface area contributed by atoms with Gasteiger partial charge >= 0.3 is 0 Å². The second-order valence-electron chi connectivity index (χ2n) is 4.89. The first-order chi connectivity index (χ1) is 7.33. The minimum atomic E-state index is 0.545. The van der Waals surface area contributed by atoms with Crippen molar-refractivity contribution in [1.29, 1.82) is 0 Å². The van der Waals surface area contributed by atoms with Crippen LogP contribution in [0.25, 0.3) is 0 Å². The fourth-order valence-electron chi connectivity index (χ4n) is 2.40. The molecule has 2 heteroatoms. The molecule has 90 valence electrons. The van der Waals surface area contributed by atoms with Gasteiger partial charge in [0.15, 0.2) is 0 Å². The topological polar surface area (TPSA) is 21.3 Å². The fourth-order valence-corrected chi connectivity index (χ4v) is 2.40. The van der Waals surface area contributed by atoms with Gasteiger partial charge in [-0.25, -0.2) is 0 Å². The zero-order chi connectivity index (χ0) is 11.0. The van der Waals surface area contributed by atoms with Crippen molar-refractivity contribution in [2.45, 2.75) is 52.4 Å². The van der Waals surface area contributed by atoms with Crippen LogP contribution >= 0.6 is 0 Å². The maximum atomic E-state index is 5.48. The van der Waals surface area contributed by atoms with Crippen LogP contribution in [-0.2, 0) is 4.74 Å². The van der Waals surface area contributed by atoms with E-state index in [0.717, 1.165) is 19.8 Å². The van der Waals surface area contributed by atoms with Crippen molar-refractivity contribution in [3.63, 3.8) is 0 Å². The van der Waals surface area contributed by atoms with E-state index in [0.29, 0.717) is 5.41 Å². The smallest absolute Gasteiger partial charge is 0.0471 e. The van der Waals surface area contributed by atoms with Gasteiger partial charge in [0.05, 0.1) is 0 Å². The largest absolute Gasteiger partial charge is 0.381 e. The first-order valence-corrected chi connectivity index (χ1v) is 6.61. The number of ether oxygens (including phenoxy) is 1. The van der Waals surface area contributed by atoms with Gasteiger partial charge in [-0.2, -0.15) is 0 Å². The Morgan fingerprint density at radius 1 is 1.13 bits per heavy atom. The number of rotatable bonds is 7. The van der Waals surface area contributed by atoms with Gasteiger partial charge in [0.2, 0.25) is 0 Å². The maximum absolute atomic E-state index is 5.48. The minimum absolute atomic E-state index is 0.545. The average molecular weight is 213 g/mol. The molecule has 0 aliphatic carbocycles. The van der Waals surface area contributed by atoms with Gasteiger partial charge in [0.1, 0.15) is 0 Å². The van der Waals surface area contributed by atoms with E-state index in [2.05, 4.69) is 19.2 Å². The van der Waals surface area contributed by atoms with Gasteiger partial charge in [-0.3, -0.25) is 0 Å². The molecule has 0 spiro atoms.